The minimum Gasteiger partial charge on any atom is -0.315 e. The molecule has 0 fully saturated rings. The molecule has 0 saturated carbocycles. The molecule has 0 radical (unpaired) electrons. The lowest BCUT2D eigenvalue weighted by Crippen LogP contribution is -2.61. The van der Waals surface area contributed by atoms with Crippen LogP contribution in [0.15, 0.2) is 24.3 Å². The van der Waals surface area contributed by atoms with E-state index in [4.69, 9.17) is 11.6 Å². The Labute approximate surface area is 135 Å². The summed E-state index contributed by atoms with van der Waals surface area (Å²) in [7, 11) is 2.08. The first-order valence-electron chi connectivity index (χ1n) is 8.24. The molecule has 3 heteroatoms. The first-order chi connectivity index (χ1) is 10.1. The summed E-state index contributed by atoms with van der Waals surface area (Å²) in [5.41, 5.74) is 1.50. The van der Waals surface area contributed by atoms with Crippen molar-refractivity contribution in [3.05, 3.63) is 34.9 Å². The van der Waals surface area contributed by atoms with Crippen molar-refractivity contribution in [1.82, 2.24) is 10.2 Å². The molecule has 21 heavy (non-hydrogen) atoms. The van der Waals surface area contributed by atoms with Crippen molar-refractivity contribution in [2.75, 3.05) is 20.1 Å². The highest BCUT2D eigenvalue weighted by atomic mass is 35.5. The second kappa shape index (κ2) is 8.77. The summed E-state index contributed by atoms with van der Waals surface area (Å²) >= 11 is 6.14. The molecule has 0 bridgehead atoms. The number of hydrogen-bond acceptors (Lipinski definition) is 2. The van der Waals surface area contributed by atoms with Gasteiger partial charge in [-0.25, -0.2) is 0 Å². The highest BCUT2D eigenvalue weighted by Gasteiger charge is 2.38. The van der Waals surface area contributed by atoms with Crippen molar-refractivity contribution in [3.8, 4) is 0 Å². The molecular formula is C18H31ClN2. The molecule has 0 heterocycles. The van der Waals surface area contributed by atoms with E-state index < -0.39 is 0 Å². The molecule has 1 N–H and O–H groups in total. The van der Waals surface area contributed by atoms with Gasteiger partial charge in [0.1, 0.15) is 0 Å². The Balaban J connectivity index is 3.07. The third-order valence-corrected chi connectivity index (χ3v) is 5.18. The van der Waals surface area contributed by atoms with E-state index in [9.17, 15) is 0 Å². The van der Waals surface area contributed by atoms with Crippen LogP contribution in [0.5, 0.6) is 0 Å². The first-order valence-corrected chi connectivity index (χ1v) is 8.62. The molecule has 2 nitrogen and oxygen atoms in total. The van der Waals surface area contributed by atoms with Crippen molar-refractivity contribution in [2.45, 2.75) is 58.5 Å². The van der Waals surface area contributed by atoms with Gasteiger partial charge in [0.2, 0.25) is 0 Å². The zero-order valence-corrected chi connectivity index (χ0v) is 15.0. The molecule has 1 aromatic carbocycles. The Bertz CT molecular complexity index is 411. The van der Waals surface area contributed by atoms with E-state index in [0.717, 1.165) is 37.4 Å². The van der Waals surface area contributed by atoms with Gasteiger partial charge in [0.15, 0.2) is 0 Å². The summed E-state index contributed by atoms with van der Waals surface area (Å²) in [6, 6.07) is 8.67. The van der Waals surface area contributed by atoms with Crippen LogP contribution >= 0.6 is 11.6 Å². The Morgan fingerprint density at radius 3 is 2.19 bits per heavy atom. The predicted octanol–water partition coefficient (Wildman–Crippen LogP) is 4.37. The van der Waals surface area contributed by atoms with E-state index in [0.29, 0.717) is 6.04 Å². The van der Waals surface area contributed by atoms with Crippen LogP contribution in [0.4, 0.5) is 0 Å². The smallest absolute Gasteiger partial charge is 0.0408 e. The minimum absolute atomic E-state index is 0.195. The first kappa shape index (κ1) is 18.5. The summed E-state index contributed by atoms with van der Waals surface area (Å²) in [4.78, 5) is 2.61. The molecular weight excluding hydrogens is 280 g/mol. The van der Waals surface area contributed by atoms with Gasteiger partial charge in [-0.05, 0) is 57.1 Å². The van der Waals surface area contributed by atoms with Crippen LogP contribution in [0.2, 0.25) is 5.02 Å². The normalized spacial score (nSPS) is 13.7. The molecule has 1 unspecified atom stereocenters. The van der Waals surface area contributed by atoms with Crippen molar-refractivity contribution < 1.29 is 0 Å². The lowest BCUT2D eigenvalue weighted by molar-refractivity contribution is 0.0519. The van der Waals surface area contributed by atoms with Crippen LogP contribution in [0.25, 0.3) is 0 Å². The maximum absolute atomic E-state index is 6.14. The molecule has 0 saturated heterocycles. The Morgan fingerprint density at radius 1 is 1.14 bits per heavy atom. The third kappa shape index (κ3) is 4.21. The highest BCUT2D eigenvalue weighted by Crippen LogP contribution is 2.30. The van der Waals surface area contributed by atoms with Gasteiger partial charge >= 0.3 is 0 Å². The Morgan fingerprint density at radius 2 is 1.76 bits per heavy atom. The highest BCUT2D eigenvalue weighted by molar-refractivity contribution is 6.30. The van der Waals surface area contributed by atoms with E-state index >= 15 is 0 Å². The molecule has 0 aliphatic rings. The largest absolute Gasteiger partial charge is 0.315 e. The molecule has 120 valence electrons. The average molecular weight is 311 g/mol. The minimum atomic E-state index is 0.195. The van der Waals surface area contributed by atoms with Crippen LogP contribution < -0.4 is 5.32 Å². The van der Waals surface area contributed by atoms with E-state index in [1.54, 1.807) is 0 Å². The maximum Gasteiger partial charge on any atom is 0.0408 e. The fourth-order valence-electron chi connectivity index (χ4n) is 3.72. The molecule has 1 rings (SSSR count). The van der Waals surface area contributed by atoms with Gasteiger partial charge in [-0.3, -0.25) is 4.90 Å². The average Bonchev–Trinajstić information content (AvgIpc) is 2.51. The van der Waals surface area contributed by atoms with Gasteiger partial charge in [0.05, 0.1) is 0 Å². The van der Waals surface area contributed by atoms with Crippen LogP contribution in [-0.2, 0) is 6.42 Å². The van der Waals surface area contributed by atoms with E-state index in [-0.39, 0.29) is 5.54 Å². The number of hydrogen-bond donors (Lipinski definition) is 1. The van der Waals surface area contributed by atoms with Crippen LogP contribution in [0.3, 0.4) is 0 Å². The Kier molecular flexibility index (Phi) is 7.72. The van der Waals surface area contributed by atoms with Crippen LogP contribution in [0, 0.1) is 0 Å². The quantitative estimate of drug-likeness (QED) is 0.728. The van der Waals surface area contributed by atoms with Crippen molar-refractivity contribution in [3.63, 3.8) is 0 Å². The van der Waals surface area contributed by atoms with Crippen molar-refractivity contribution >= 4 is 11.6 Å². The zero-order chi connectivity index (χ0) is 15.9. The van der Waals surface area contributed by atoms with Crippen LogP contribution in [0.1, 0.15) is 46.1 Å². The summed E-state index contributed by atoms with van der Waals surface area (Å²) in [5.74, 6) is 0. The third-order valence-electron chi connectivity index (χ3n) is 4.94. The fourth-order valence-corrected chi connectivity index (χ4v) is 3.94. The number of halogens is 1. The SMILES string of the molecule is CCN(CC)C(CC)(CC)C(Cc1cccc(Cl)c1)NC. The zero-order valence-electron chi connectivity index (χ0n) is 14.2. The fraction of sp³-hybridized carbons (Fsp3) is 0.667. The number of rotatable bonds is 9. The van der Waals surface area contributed by atoms with Gasteiger partial charge in [-0.15, -0.1) is 0 Å². The summed E-state index contributed by atoms with van der Waals surface area (Å²) < 4.78 is 0. The second-order valence-corrected chi connectivity index (χ2v) is 6.09. The molecule has 1 aromatic rings. The van der Waals surface area contributed by atoms with Gasteiger partial charge in [-0.1, -0.05) is 51.4 Å². The number of benzene rings is 1. The summed E-state index contributed by atoms with van der Waals surface area (Å²) in [6.07, 6.45) is 3.31. The molecule has 0 aromatic heterocycles. The number of likely N-dealkylation sites (N-methyl/N-ethyl adjacent to an activating group) is 2. The molecule has 0 amide bonds. The summed E-state index contributed by atoms with van der Waals surface area (Å²) in [6.45, 7) is 11.3. The van der Waals surface area contributed by atoms with E-state index in [1.807, 2.05) is 12.1 Å². The second-order valence-electron chi connectivity index (χ2n) is 5.66. The molecule has 0 aliphatic carbocycles. The van der Waals surface area contributed by atoms with Gasteiger partial charge in [0.25, 0.3) is 0 Å². The predicted molar refractivity (Wildman–Crippen MR) is 94.2 cm³/mol. The van der Waals surface area contributed by atoms with Gasteiger partial charge < -0.3 is 5.32 Å². The standard InChI is InChI=1S/C18H31ClN2/c1-6-18(7-2,21(8-3)9-4)17(20-5)14-15-11-10-12-16(19)13-15/h10-13,17,20H,6-9,14H2,1-5H3. The molecule has 1 atom stereocenters. The summed E-state index contributed by atoms with van der Waals surface area (Å²) in [5, 5.41) is 4.40. The number of nitrogens with one attached hydrogen (secondary N) is 1. The van der Waals surface area contributed by atoms with Crippen molar-refractivity contribution in [2.24, 2.45) is 0 Å². The lowest BCUT2D eigenvalue weighted by atomic mass is 9.79. The maximum atomic E-state index is 6.14. The lowest BCUT2D eigenvalue weighted by Gasteiger charge is -2.48. The number of nitrogens with zero attached hydrogens (tertiary/aromatic N) is 1. The van der Waals surface area contributed by atoms with Gasteiger partial charge in [0, 0.05) is 16.6 Å². The molecule has 0 aliphatic heterocycles. The Hall–Kier alpha value is -0.570. The van der Waals surface area contributed by atoms with Crippen molar-refractivity contribution in [1.29, 1.82) is 0 Å². The monoisotopic (exact) mass is 310 g/mol. The van der Waals surface area contributed by atoms with Gasteiger partial charge in [-0.2, -0.15) is 0 Å². The van der Waals surface area contributed by atoms with E-state index in [1.165, 1.54) is 5.56 Å². The van der Waals surface area contributed by atoms with Crippen LogP contribution in [-0.4, -0.2) is 36.6 Å². The van der Waals surface area contributed by atoms with E-state index in [2.05, 4.69) is 57.1 Å². The molecule has 0 spiro atoms. The topological polar surface area (TPSA) is 15.3 Å².